The summed E-state index contributed by atoms with van der Waals surface area (Å²) in [6, 6.07) is 8.48. The first-order valence-electron chi connectivity index (χ1n) is 6.11. The fourth-order valence-electron chi connectivity index (χ4n) is 1.95. The highest BCUT2D eigenvalue weighted by molar-refractivity contribution is 5.27. The van der Waals surface area contributed by atoms with Gasteiger partial charge in [-0.2, -0.15) is 0 Å². The zero-order valence-electron chi connectivity index (χ0n) is 10.8. The van der Waals surface area contributed by atoms with Crippen LogP contribution in [-0.4, -0.2) is 13.2 Å². The lowest BCUT2D eigenvalue weighted by Crippen LogP contribution is -2.22. The van der Waals surface area contributed by atoms with E-state index in [9.17, 15) is 0 Å². The predicted octanol–water partition coefficient (Wildman–Crippen LogP) is 3.41. The molecule has 1 heterocycles. The molecule has 1 aliphatic rings. The van der Waals surface area contributed by atoms with Crippen LogP contribution in [0.15, 0.2) is 35.9 Å². The number of hydrogen-bond acceptors (Lipinski definition) is 2. The van der Waals surface area contributed by atoms with E-state index >= 15 is 0 Å². The van der Waals surface area contributed by atoms with Gasteiger partial charge in [0, 0.05) is 5.56 Å². The van der Waals surface area contributed by atoms with Gasteiger partial charge in [-0.1, -0.05) is 35.9 Å². The summed E-state index contributed by atoms with van der Waals surface area (Å²) < 4.78 is 11.3. The van der Waals surface area contributed by atoms with Crippen molar-refractivity contribution in [3.05, 3.63) is 47.0 Å². The Morgan fingerprint density at radius 1 is 1.18 bits per heavy atom. The van der Waals surface area contributed by atoms with Crippen molar-refractivity contribution >= 4 is 0 Å². The van der Waals surface area contributed by atoms with Crippen LogP contribution in [0.5, 0.6) is 0 Å². The highest BCUT2D eigenvalue weighted by Crippen LogP contribution is 2.30. The van der Waals surface area contributed by atoms with Crippen molar-refractivity contribution in [2.75, 3.05) is 13.2 Å². The largest absolute Gasteiger partial charge is 0.344 e. The Kier molecular flexibility index (Phi) is 3.65. The minimum Gasteiger partial charge on any atom is -0.344 e. The van der Waals surface area contributed by atoms with E-state index < -0.39 is 5.79 Å². The van der Waals surface area contributed by atoms with Crippen LogP contribution in [0.2, 0.25) is 0 Å². The molecule has 0 atom stereocenters. The van der Waals surface area contributed by atoms with Gasteiger partial charge in [-0.05, 0) is 32.8 Å². The molecule has 1 saturated heterocycles. The minimum absolute atomic E-state index is 0.547. The van der Waals surface area contributed by atoms with Crippen LogP contribution in [0, 0.1) is 0 Å². The average Bonchev–Trinajstić information content (AvgIpc) is 2.75. The summed E-state index contributed by atoms with van der Waals surface area (Å²) in [6.07, 6.45) is 3.22. The van der Waals surface area contributed by atoms with Crippen LogP contribution in [0.25, 0.3) is 0 Å². The summed E-state index contributed by atoms with van der Waals surface area (Å²) in [5.41, 5.74) is 3.76. The highest BCUT2D eigenvalue weighted by Gasteiger charge is 2.32. The Morgan fingerprint density at radius 2 is 1.76 bits per heavy atom. The van der Waals surface area contributed by atoms with Crippen molar-refractivity contribution in [2.24, 2.45) is 0 Å². The van der Waals surface area contributed by atoms with Crippen molar-refractivity contribution in [3.8, 4) is 0 Å². The van der Waals surface area contributed by atoms with Gasteiger partial charge in [0.15, 0.2) is 5.79 Å². The Balaban J connectivity index is 2.10. The first-order valence-corrected chi connectivity index (χ1v) is 6.11. The van der Waals surface area contributed by atoms with E-state index in [0.29, 0.717) is 13.2 Å². The molecule has 0 spiro atoms. The van der Waals surface area contributed by atoms with E-state index in [1.54, 1.807) is 0 Å². The van der Waals surface area contributed by atoms with Crippen molar-refractivity contribution in [1.29, 1.82) is 0 Å². The average molecular weight is 232 g/mol. The molecule has 2 nitrogen and oxygen atoms in total. The molecule has 1 aliphatic heterocycles. The fraction of sp³-hybridized carbons (Fsp3) is 0.467. The summed E-state index contributed by atoms with van der Waals surface area (Å²) in [6.45, 7) is 7.57. The van der Waals surface area contributed by atoms with Crippen LogP contribution in [0.1, 0.15) is 31.9 Å². The zero-order valence-corrected chi connectivity index (χ0v) is 10.8. The zero-order chi connectivity index (χ0) is 12.3. The number of hydrogen-bond donors (Lipinski definition) is 0. The summed E-state index contributed by atoms with van der Waals surface area (Å²) in [7, 11) is 0. The number of benzene rings is 1. The molecule has 0 N–H and O–H groups in total. The van der Waals surface area contributed by atoms with Gasteiger partial charge in [-0.25, -0.2) is 0 Å². The van der Waals surface area contributed by atoms with Crippen LogP contribution >= 0.6 is 0 Å². The maximum absolute atomic E-state index is 5.63. The van der Waals surface area contributed by atoms with E-state index in [2.05, 4.69) is 44.2 Å². The molecular weight excluding hydrogens is 212 g/mol. The minimum atomic E-state index is -0.547. The first-order chi connectivity index (χ1) is 8.10. The number of rotatable bonds is 3. The molecule has 0 unspecified atom stereocenters. The maximum atomic E-state index is 5.63. The Hall–Kier alpha value is -1.12. The summed E-state index contributed by atoms with van der Waals surface area (Å²) in [4.78, 5) is 0. The normalized spacial score (nSPS) is 18.1. The van der Waals surface area contributed by atoms with E-state index in [0.717, 1.165) is 12.0 Å². The van der Waals surface area contributed by atoms with Crippen molar-refractivity contribution < 1.29 is 9.47 Å². The van der Waals surface area contributed by atoms with Gasteiger partial charge < -0.3 is 9.47 Å². The molecule has 92 valence electrons. The fourth-order valence-corrected chi connectivity index (χ4v) is 1.95. The Labute approximate surface area is 103 Å². The van der Waals surface area contributed by atoms with Gasteiger partial charge in [0.05, 0.1) is 13.2 Å². The maximum Gasteiger partial charge on any atom is 0.192 e. The third kappa shape index (κ3) is 2.96. The van der Waals surface area contributed by atoms with Gasteiger partial charge in [-0.3, -0.25) is 0 Å². The van der Waals surface area contributed by atoms with Crippen LogP contribution in [0.3, 0.4) is 0 Å². The smallest absolute Gasteiger partial charge is 0.192 e. The van der Waals surface area contributed by atoms with Gasteiger partial charge in [0.2, 0.25) is 0 Å². The van der Waals surface area contributed by atoms with E-state index in [1.807, 2.05) is 6.92 Å². The van der Waals surface area contributed by atoms with Crippen LogP contribution < -0.4 is 0 Å². The second-order valence-electron chi connectivity index (χ2n) is 4.83. The van der Waals surface area contributed by atoms with Crippen LogP contribution in [0.4, 0.5) is 0 Å². The molecule has 0 bridgehead atoms. The van der Waals surface area contributed by atoms with Crippen LogP contribution in [-0.2, 0) is 21.7 Å². The Morgan fingerprint density at radius 3 is 2.29 bits per heavy atom. The second kappa shape index (κ2) is 5.03. The quantitative estimate of drug-likeness (QED) is 0.743. The number of ether oxygens (including phenoxy) is 2. The van der Waals surface area contributed by atoms with Gasteiger partial charge in [-0.15, -0.1) is 0 Å². The van der Waals surface area contributed by atoms with Gasteiger partial charge >= 0.3 is 0 Å². The topological polar surface area (TPSA) is 18.5 Å². The third-order valence-electron chi connectivity index (χ3n) is 3.06. The predicted molar refractivity (Wildman–Crippen MR) is 68.8 cm³/mol. The van der Waals surface area contributed by atoms with Gasteiger partial charge in [0.1, 0.15) is 0 Å². The van der Waals surface area contributed by atoms with E-state index in [1.165, 1.54) is 11.1 Å². The molecule has 17 heavy (non-hydrogen) atoms. The molecule has 0 saturated carbocycles. The molecular formula is C15H20O2. The standard InChI is InChI=1S/C15H20O2/c1-12(2)4-5-13-6-8-14(9-7-13)15(3)16-10-11-17-15/h4,6-9H,5,10-11H2,1-3H3. The van der Waals surface area contributed by atoms with Gasteiger partial charge in [0.25, 0.3) is 0 Å². The molecule has 1 aromatic carbocycles. The molecule has 0 aromatic heterocycles. The molecule has 2 heteroatoms. The monoisotopic (exact) mass is 232 g/mol. The molecule has 0 amide bonds. The van der Waals surface area contributed by atoms with Crippen molar-refractivity contribution in [1.82, 2.24) is 0 Å². The second-order valence-corrected chi connectivity index (χ2v) is 4.83. The SMILES string of the molecule is CC(C)=CCc1ccc(C2(C)OCCO2)cc1. The molecule has 0 aliphatic carbocycles. The Bertz CT molecular complexity index is 393. The summed E-state index contributed by atoms with van der Waals surface area (Å²) in [5.74, 6) is -0.547. The third-order valence-corrected chi connectivity index (χ3v) is 3.06. The summed E-state index contributed by atoms with van der Waals surface area (Å²) in [5, 5.41) is 0. The van der Waals surface area contributed by atoms with Crippen molar-refractivity contribution in [2.45, 2.75) is 33.0 Å². The van der Waals surface area contributed by atoms with E-state index in [-0.39, 0.29) is 0 Å². The molecule has 0 radical (unpaired) electrons. The number of allylic oxidation sites excluding steroid dienone is 2. The van der Waals surface area contributed by atoms with E-state index in [4.69, 9.17) is 9.47 Å². The lowest BCUT2D eigenvalue weighted by molar-refractivity contribution is -0.149. The molecule has 1 fully saturated rings. The lowest BCUT2D eigenvalue weighted by Gasteiger charge is -2.22. The molecule has 1 aromatic rings. The van der Waals surface area contributed by atoms with Crippen molar-refractivity contribution in [3.63, 3.8) is 0 Å². The lowest BCUT2D eigenvalue weighted by atomic mass is 10.0. The summed E-state index contributed by atoms with van der Waals surface area (Å²) >= 11 is 0. The first kappa shape index (κ1) is 12.3. The highest BCUT2D eigenvalue weighted by atomic mass is 16.7. The molecule has 2 rings (SSSR count).